The van der Waals surface area contributed by atoms with Crippen molar-refractivity contribution in [2.24, 2.45) is 0 Å². The van der Waals surface area contributed by atoms with Crippen LogP contribution in [-0.4, -0.2) is 52.9 Å². The third-order valence-electron chi connectivity index (χ3n) is 4.17. The van der Waals surface area contributed by atoms with Crippen LogP contribution >= 0.6 is 0 Å². The molecule has 0 aliphatic carbocycles. The maximum Gasteiger partial charge on any atom is 1.00 e. The summed E-state index contributed by atoms with van der Waals surface area (Å²) in [5, 5.41) is 7.26. The summed E-state index contributed by atoms with van der Waals surface area (Å²) in [7, 11) is 0. The zero-order valence-electron chi connectivity index (χ0n) is 15.5. The first-order valence-electron chi connectivity index (χ1n) is 7.98. The molecule has 4 rings (SSSR count). The summed E-state index contributed by atoms with van der Waals surface area (Å²) in [5.74, 6) is -1.18. The van der Waals surface area contributed by atoms with Gasteiger partial charge < -0.3 is 19.4 Å². The molecule has 1 amide bonds. The summed E-state index contributed by atoms with van der Waals surface area (Å²) < 4.78 is 39.7. The number of halogens is 3. The molecule has 1 aromatic carbocycles. The van der Waals surface area contributed by atoms with Gasteiger partial charge in [-0.2, -0.15) is 13.2 Å². The van der Waals surface area contributed by atoms with Crippen molar-refractivity contribution in [3.8, 4) is 4.97 Å². The Morgan fingerprint density at radius 3 is 2.67 bits per heavy atom. The fourth-order valence-corrected chi connectivity index (χ4v) is 2.95. The molecule has 1 aliphatic heterocycles. The molecular formula is C17H13CdCuF3N6OSe. The number of imidazole rings is 2. The average Bonchev–Trinajstić information content (AvgIpc) is 3.25. The number of rotatable bonds is 1. The molecular weight excluding hydrogens is 616 g/mol. The molecule has 0 unspecified atom stereocenters. The number of amides is 1. The second-order valence-corrected chi connectivity index (χ2v) is 6.34. The summed E-state index contributed by atoms with van der Waals surface area (Å²) in [6.07, 6.45) is -3.39. The van der Waals surface area contributed by atoms with Crippen LogP contribution in [0.1, 0.15) is 27.7 Å². The zero-order valence-corrected chi connectivity index (χ0v) is 22.2. The van der Waals surface area contributed by atoms with Crippen molar-refractivity contribution in [2.75, 3.05) is 6.54 Å². The first-order chi connectivity index (χ1) is 13.3. The molecule has 0 atom stereocenters. The number of H-pyrrole nitrogens is 1. The third kappa shape index (κ3) is 5.39. The Balaban J connectivity index is 0.000000851. The van der Waals surface area contributed by atoms with Gasteiger partial charge in [0.05, 0.1) is 11.0 Å². The van der Waals surface area contributed by atoms with E-state index < -0.39 is 12.0 Å². The molecule has 2 aromatic heterocycles. The number of aryl methyl sites for hydroxylation is 1. The Morgan fingerprint density at radius 2 is 2.07 bits per heavy atom. The number of aromatic amines is 1. The Labute approximate surface area is 208 Å². The number of alkyl halides is 3. The molecule has 157 valence electrons. The van der Waals surface area contributed by atoms with Crippen molar-refractivity contribution in [1.82, 2.24) is 24.4 Å². The number of aromatic nitrogens is 4. The fraction of sp³-hybridized carbons (Fsp3) is 0.235. The second kappa shape index (κ2) is 10.7. The van der Waals surface area contributed by atoms with Gasteiger partial charge in [0.15, 0.2) is 5.82 Å². The Kier molecular flexibility index (Phi) is 9.44. The van der Waals surface area contributed by atoms with Crippen molar-refractivity contribution in [1.29, 1.82) is 5.26 Å². The smallest absolute Gasteiger partial charge is 0 e. The molecule has 0 fully saturated rings. The monoisotopic (exact) mass is 631 g/mol. The molecule has 0 saturated carbocycles. The number of para-hydroxylation sites is 1. The standard InChI is InChI=1S/C16H13F3N5O.CNSe.Cd.Cu/c1-9-3-2-4-11-12(9)22-13(21-11)14(25)23-5-6-24-10(8-23)7-20-15(24)16(17,18)19;2-1-3;;/h2-4,6-7H,5,8H2,1H3,(H,21,22);;;/q-1;;;+1. The zero-order chi connectivity index (χ0) is 20.5. The van der Waals surface area contributed by atoms with Gasteiger partial charge in [-0.1, -0.05) is 12.1 Å². The third-order valence-corrected chi connectivity index (χ3v) is 4.17. The van der Waals surface area contributed by atoms with E-state index in [9.17, 15) is 18.0 Å². The molecule has 3 heterocycles. The van der Waals surface area contributed by atoms with E-state index in [1.54, 1.807) is 4.97 Å². The Hall–Kier alpha value is -1.52. The number of nitrogens with one attached hydrogen (secondary N) is 1. The van der Waals surface area contributed by atoms with Crippen LogP contribution < -0.4 is 0 Å². The predicted octanol–water partition coefficient (Wildman–Crippen LogP) is 2.38. The number of hydrogen-bond donors (Lipinski definition) is 1. The molecule has 30 heavy (non-hydrogen) atoms. The number of carbonyl (C=O) groups is 1. The van der Waals surface area contributed by atoms with E-state index in [1.807, 2.05) is 25.1 Å². The van der Waals surface area contributed by atoms with Crippen LogP contribution in [0.4, 0.5) is 13.2 Å². The minimum absolute atomic E-state index is 0. The van der Waals surface area contributed by atoms with Gasteiger partial charge in [0.2, 0.25) is 0 Å². The molecule has 1 N–H and O–H groups in total. The van der Waals surface area contributed by atoms with Crippen molar-refractivity contribution in [3.63, 3.8) is 0 Å². The van der Waals surface area contributed by atoms with E-state index in [0.717, 1.165) is 21.8 Å². The molecule has 13 heteroatoms. The molecule has 3 aromatic rings. The van der Waals surface area contributed by atoms with Crippen LogP contribution in [0, 0.1) is 23.7 Å². The van der Waals surface area contributed by atoms with E-state index in [-0.39, 0.29) is 69.2 Å². The number of benzene rings is 1. The van der Waals surface area contributed by atoms with Crippen molar-refractivity contribution in [2.45, 2.75) is 19.6 Å². The van der Waals surface area contributed by atoms with Crippen LogP contribution in [0.5, 0.6) is 0 Å². The van der Waals surface area contributed by atoms with Gasteiger partial charge in [-0.15, -0.1) is 6.54 Å². The van der Waals surface area contributed by atoms with Crippen molar-refractivity contribution < 1.29 is 62.3 Å². The minimum atomic E-state index is -4.53. The van der Waals surface area contributed by atoms with Gasteiger partial charge in [0, 0.05) is 40.4 Å². The first kappa shape index (κ1) is 26.5. The number of hydrogen-bond acceptors (Lipinski definition) is 4. The quantitative estimate of drug-likeness (QED) is 0.331. The SMILES string of the molecule is Cc1cccc2[nH]c(C(=O)N3C[CH-]n4c(cnc4C(F)(F)F)C3)nc12.N#C[Se].[Cd].[Cu+]. The molecule has 0 bridgehead atoms. The molecule has 0 spiro atoms. The van der Waals surface area contributed by atoms with Crippen LogP contribution in [0.15, 0.2) is 24.4 Å². The maximum absolute atomic E-state index is 12.9. The Morgan fingerprint density at radius 1 is 1.40 bits per heavy atom. The second-order valence-electron chi connectivity index (χ2n) is 5.96. The van der Waals surface area contributed by atoms with E-state index >= 15 is 0 Å². The summed E-state index contributed by atoms with van der Waals surface area (Å²) in [6.45, 7) is 3.28. The van der Waals surface area contributed by atoms with E-state index in [2.05, 4.69) is 31.0 Å². The van der Waals surface area contributed by atoms with Crippen LogP contribution in [0.3, 0.4) is 0 Å². The first-order valence-corrected chi connectivity index (χ1v) is 8.84. The number of nitrogens with zero attached hydrogens (tertiary/aromatic N) is 5. The fourth-order valence-electron chi connectivity index (χ4n) is 2.95. The molecule has 7 nitrogen and oxygen atoms in total. The summed E-state index contributed by atoms with van der Waals surface area (Å²) >= 11 is 2.11. The van der Waals surface area contributed by atoms with E-state index in [4.69, 9.17) is 5.26 Å². The summed E-state index contributed by atoms with van der Waals surface area (Å²) in [4.78, 5) is 26.4. The average molecular weight is 629 g/mol. The molecule has 1 aliphatic rings. The van der Waals surface area contributed by atoms with Crippen molar-refractivity contribution >= 4 is 33.0 Å². The molecule has 0 saturated heterocycles. The Bertz CT molecular complexity index is 1080. The minimum Gasteiger partial charge on any atom is 0 e. The molecule has 1 radical (unpaired) electrons. The van der Waals surface area contributed by atoms with Gasteiger partial charge in [-0.05, 0) is 30.4 Å². The van der Waals surface area contributed by atoms with Gasteiger partial charge in [0.1, 0.15) is 5.82 Å². The largest absolute Gasteiger partial charge is 1.00 e. The van der Waals surface area contributed by atoms with Crippen LogP contribution in [0.2, 0.25) is 0 Å². The van der Waals surface area contributed by atoms with Gasteiger partial charge >= 0.3 is 49.5 Å². The van der Waals surface area contributed by atoms with E-state index in [1.165, 1.54) is 11.4 Å². The van der Waals surface area contributed by atoms with Crippen LogP contribution in [-0.2, 0) is 57.1 Å². The van der Waals surface area contributed by atoms with Gasteiger partial charge in [-0.3, -0.25) is 4.79 Å². The maximum atomic E-state index is 12.9. The summed E-state index contributed by atoms with van der Waals surface area (Å²) in [6, 6.07) is 5.57. The van der Waals surface area contributed by atoms with Gasteiger partial charge in [0.25, 0.3) is 5.91 Å². The topological polar surface area (TPSA) is 90.6 Å². The number of fused-ring (bicyclic) bond motifs is 2. The van der Waals surface area contributed by atoms with E-state index in [0.29, 0.717) is 11.2 Å². The van der Waals surface area contributed by atoms with Gasteiger partial charge in [-0.25, -0.2) is 4.98 Å². The van der Waals surface area contributed by atoms with Crippen molar-refractivity contribution in [3.05, 3.63) is 53.8 Å². The normalized spacial score (nSPS) is 12.3. The number of carbonyl (C=O) groups excluding carboxylic acids is 1. The summed E-state index contributed by atoms with van der Waals surface area (Å²) in [5.41, 5.74) is 2.69. The predicted molar refractivity (Wildman–Crippen MR) is 93.9 cm³/mol. The van der Waals surface area contributed by atoms with Crippen LogP contribution in [0.25, 0.3) is 11.0 Å². The number of nitriles is 1.